The molecule has 0 aliphatic carbocycles. The number of hydrogen-bond acceptors (Lipinski definition) is 2. The van der Waals surface area contributed by atoms with Gasteiger partial charge in [-0.1, -0.05) is 0 Å². The van der Waals surface area contributed by atoms with Crippen molar-refractivity contribution in [3.63, 3.8) is 0 Å². The van der Waals surface area contributed by atoms with E-state index in [1.54, 1.807) is 0 Å². The molecule has 1 fully saturated rings. The van der Waals surface area contributed by atoms with E-state index in [2.05, 4.69) is 0 Å². The van der Waals surface area contributed by atoms with E-state index in [1.165, 1.54) is 5.01 Å². The lowest BCUT2D eigenvalue weighted by Crippen LogP contribution is -2.32. The molecule has 4 nitrogen and oxygen atoms in total. The van der Waals surface area contributed by atoms with E-state index in [1.807, 2.05) is 6.92 Å². The third-order valence-corrected chi connectivity index (χ3v) is 1.73. The van der Waals surface area contributed by atoms with Crippen molar-refractivity contribution >= 4 is 0 Å². The maximum Gasteiger partial charge on any atom is 0.160 e. The maximum atomic E-state index is 10.1. The number of hydrazine groups is 1. The molecule has 0 spiro atoms. The van der Waals surface area contributed by atoms with E-state index in [-0.39, 0.29) is 11.1 Å². The van der Waals surface area contributed by atoms with Gasteiger partial charge >= 0.3 is 0 Å². The summed E-state index contributed by atoms with van der Waals surface area (Å²) in [6, 6.07) is 0.139. The minimum atomic E-state index is -0.308. The fourth-order valence-corrected chi connectivity index (χ4v) is 1.16. The first-order valence-electron chi connectivity index (χ1n) is 3.13. The van der Waals surface area contributed by atoms with Crippen LogP contribution in [0.2, 0.25) is 0 Å². The van der Waals surface area contributed by atoms with Crippen LogP contribution < -0.4 is 0 Å². The van der Waals surface area contributed by atoms with Gasteiger partial charge in [-0.25, -0.2) is 10.1 Å². The predicted molar refractivity (Wildman–Crippen MR) is 32.4 cm³/mol. The van der Waals surface area contributed by atoms with Gasteiger partial charge in [-0.15, -0.1) is 5.01 Å². The normalized spacial score (nSPS) is 26.8. The molecule has 1 saturated heterocycles. The average Bonchev–Trinajstić information content (AvgIpc) is 2.13. The number of nitrogens with zero attached hydrogens (tertiary/aromatic N) is 2. The molecule has 0 aromatic carbocycles. The molecule has 4 heteroatoms. The van der Waals surface area contributed by atoms with Gasteiger partial charge in [0.25, 0.3) is 0 Å². The topological polar surface area (TPSA) is 46.4 Å². The summed E-state index contributed by atoms with van der Waals surface area (Å²) in [6.07, 6.45) is 1.92. The molecule has 0 radical (unpaired) electrons. The molecule has 0 aromatic heterocycles. The lowest BCUT2D eigenvalue weighted by atomic mass is 10.3. The van der Waals surface area contributed by atoms with Crippen molar-refractivity contribution in [2.45, 2.75) is 25.8 Å². The molecule has 1 rings (SSSR count). The van der Waals surface area contributed by atoms with Crippen LogP contribution >= 0.6 is 0 Å². The van der Waals surface area contributed by atoms with Crippen molar-refractivity contribution < 1.29 is 5.03 Å². The molecule has 1 heterocycles. The van der Waals surface area contributed by atoms with E-state index in [0.29, 0.717) is 6.54 Å². The molecule has 52 valence electrons. The molecule has 0 N–H and O–H groups in total. The van der Waals surface area contributed by atoms with Gasteiger partial charge in [0, 0.05) is 0 Å². The van der Waals surface area contributed by atoms with Gasteiger partial charge in [0.05, 0.1) is 12.6 Å². The Morgan fingerprint density at radius 1 is 1.78 bits per heavy atom. The predicted octanol–water partition coefficient (Wildman–Crippen LogP) is 0.662. The number of rotatable bonds is 1. The summed E-state index contributed by atoms with van der Waals surface area (Å²) in [4.78, 5) is 10.1. The van der Waals surface area contributed by atoms with Gasteiger partial charge in [0.15, 0.2) is 5.03 Å². The van der Waals surface area contributed by atoms with Gasteiger partial charge < -0.3 is 0 Å². The largest absolute Gasteiger partial charge is 0.235 e. The molecule has 9 heavy (non-hydrogen) atoms. The molecular formula is C5H10N2O2. The van der Waals surface area contributed by atoms with E-state index < -0.39 is 0 Å². The molecule has 0 saturated carbocycles. The highest BCUT2D eigenvalue weighted by atomic mass is 16.7. The maximum absolute atomic E-state index is 10.1. The lowest BCUT2D eigenvalue weighted by molar-refractivity contribution is -0.658. The van der Waals surface area contributed by atoms with Crippen molar-refractivity contribution in [3.05, 3.63) is 10.1 Å². The van der Waals surface area contributed by atoms with Crippen LogP contribution in [0.5, 0.6) is 0 Å². The first-order chi connectivity index (χ1) is 4.22. The first-order valence-corrected chi connectivity index (χ1v) is 3.13. The highest BCUT2D eigenvalue weighted by Gasteiger charge is 2.27. The van der Waals surface area contributed by atoms with Crippen LogP contribution in [0.1, 0.15) is 19.8 Å². The number of hydrogen-bond donors (Lipinski definition) is 0. The molecule has 1 aliphatic heterocycles. The number of nitro groups is 1. The Labute approximate surface area is 53.6 Å². The Morgan fingerprint density at radius 3 is 2.67 bits per heavy atom. The smallest absolute Gasteiger partial charge is 0.160 e. The second-order valence-electron chi connectivity index (χ2n) is 2.39. The highest BCUT2D eigenvalue weighted by Crippen LogP contribution is 2.15. The zero-order valence-corrected chi connectivity index (χ0v) is 5.41. The van der Waals surface area contributed by atoms with Gasteiger partial charge in [0.1, 0.15) is 0 Å². The molecule has 1 unspecified atom stereocenters. The van der Waals surface area contributed by atoms with Crippen LogP contribution in [0, 0.1) is 10.1 Å². The lowest BCUT2D eigenvalue weighted by Gasteiger charge is -2.10. The Hall–Kier alpha value is -0.800. The van der Waals surface area contributed by atoms with Crippen LogP contribution in [0.4, 0.5) is 0 Å². The highest BCUT2D eigenvalue weighted by molar-refractivity contribution is 4.67. The van der Waals surface area contributed by atoms with Crippen LogP contribution in [-0.2, 0) is 0 Å². The standard InChI is InChI=1S/C5H10N2O2/c1-5-3-2-4-6(5)7(8)9/h5H,2-4H2,1H3. The van der Waals surface area contributed by atoms with Crippen molar-refractivity contribution in [3.8, 4) is 0 Å². The summed E-state index contributed by atoms with van der Waals surface area (Å²) in [5.41, 5.74) is 0. The summed E-state index contributed by atoms with van der Waals surface area (Å²) in [5, 5.41) is 11.1. The second-order valence-corrected chi connectivity index (χ2v) is 2.39. The fourth-order valence-electron chi connectivity index (χ4n) is 1.16. The molecular weight excluding hydrogens is 120 g/mol. The molecule has 0 amide bonds. The van der Waals surface area contributed by atoms with Crippen molar-refractivity contribution in [1.29, 1.82) is 0 Å². The van der Waals surface area contributed by atoms with Gasteiger partial charge in [-0.2, -0.15) is 0 Å². The average molecular weight is 130 g/mol. The Bertz CT molecular complexity index is 126. The Kier molecular flexibility index (Phi) is 1.55. The van der Waals surface area contributed by atoms with Crippen LogP contribution in [0.25, 0.3) is 0 Å². The summed E-state index contributed by atoms with van der Waals surface area (Å²) < 4.78 is 0. The molecule has 0 aromatic rings. The van der Waals surface area contributed by atoms with Crippen LogP contribution in [0.3, 0.4) is 0 Å². The summed E-state index contributed by atoms with van der Waals surface area (Å²) >= 11 is 0. The van der Waals surface area contributed by atoms with Crippen molar-refractivity contribution in [2.75, 3.05) is 6.54 Å². The summed E-state index contributed by atoms with van der Waals surface area (Å²) in [5.74, 6) is 0. The quantitative estimate of drug-likeness (QED) is 0.387. The van der Waals surface area contributed by atoms with E-state index in [0.717, 1.165) is 12.8 Å². The van der Waals surface area contributed by atoms with Gasteiger partial charge in [-0.3, -0.25) is 0 Å². The summed E-state index contributed by atoms with van der Waals surface area (Å²) in [6.45, 7) is 2.50. The van der Waals surface area contributed by atoms with Gasteiger partial charge in [-0.05, 0) is 19.8 Å². The fraction of sp³-hybridized carbons (Fsp3) is 1.00. The monoisotopic (exact) mass is 130 g/mol. The van der Waals surface area contributed by atoms with Crippen LogP contribution in [0.15, 0.2) is 0 Å². The van der Waals surface area contributed by atoms with Crippen molar-refractivity contribution in [2.24, 2.45) is 0 Å². The van der Waals surface area contributed by atoms with E-state index in [4.69, 9.17) is 0 Å². The molecule has 1 atom stereocenters. The second kappa shape index (κ2) is 2.21. The Morgan fingerprint density at radius 2 is 2.44 bits per heavy atom. The van der Waals surface area contributed by atoms with E-state index >= 15 is 0 Å². The minimum absolute atomic E-state index is 0.139. The van der Waals surface area contributed by atoms with Crippen LogP contribution in [-0.4, -0.2) is 22.6 Å². The molecule has 1 aliphatic rings. The zero-order chi connectivity index (χ0) is 6.85. The third-order valence-electron chi connectivity index (χ3n) is 1.73. The zero-order valence-electron chi connectivity index (χ0n) is 5.41. The first kappa shape index (κ1) is 6.32. The SMILES string of the molecule is CC1CCCN1[N+](=O)[O-]. The Balaban J connectivity index is 2.49. The van der Waals surface area contributed by atoms with E-state index in [9.17, 15) is 10.1 Å². The van der Waals surface area contributed by atoms with Gasteiger partial charge in [0.2, 0.25) is 0 Å². The summed E-state index contributed by atoms with van der Waals surface area (Å²) in [7, 11) is 0. The van der Waals surface area contributed by atoms with Crippen molar-refractivity contribution in [1.82, 2.24) is 5.01 Å². The third kappa shape index (κ3) is 1.12. The molecule has 0 bridgehead atoms. The minimum Gasteiger partial charge on any atom is -0.235 e.